The number of aliphatic carboxylic acids is 1. The fraction of sp³-hybridized carbons (Fsp3) is 0.440. The highest BCUT2D eigenvalue weighted by atomic mass is 19.4. The van der Waals surface area contributed by atoms with Gasteiger partial charge in [-0.1, -0.05) is 37.6 Å². The fourth-order valence-corrected chi connectivity index (χ4v) is 3.25. The molecular formula is C25H30F3NO5. The molecule has 34 heavy (non-hydrogen) atoms. The minimum atomic E-state index is -4.41. The second-order valence-corrected chi connectivity index (χ2v) is 7.78. The lowest BCUT2D eigenvalue weighted by molar-refractivity contribution is -0.150. The quantitative estimate of drug-likeness (QED) is 0.438. The lowest BCUT2D eigenvalue weighted by Gasteiger charge is -2.23. The molecular weight excluding hydrogens is 451 g/mol. The minimum Gasteiger partial charge on any atom is -0.484 e. The number of hydrogen-bond acceptors (Lipinski definition) is 4. The van der Waals surface area contributed by atoms with Crippen molar-refractivity contribution in [1.29, 1.82) is 0 Å². The SMILES string of the molecule is CCCCN(Cc1ccc(C(F)(F)F)cc1)C(=O)COc1ccc(CC(OCC)C(=O)O)cc1. The highest BCUT2D eigenvalue weighted by Crippen LogP contribution is 2.29. The fourth-order valence-electron chi connectivity index (χ4n) is 3.25. The van der Waals surface area contributed by atoms with Crippen molar-refractivity contribution in [3.8, 4) is 5.75 Å². The van der Waals surface area contributed by atoms with Gasteiger partial charge >= 0.3 is 12.1 Å². The molecule has 1 unspecified atom stereocenters. The maximum atomic E-state index is 12.8. The zero-order valence-corrected chi connectivity index (χ0v) is 19.3. The monoisotopic (exact) mass is 481 g/mol. The van der Waals surface area contributed by atoms with Gasteiger partial charge in [-0.25, -0.2) is 4.79 Å². The Balaban J connectivity index is 1.96. The standard InChI is InChI=1S/C25H30F3NO5/c1-3-5-14-29(16-19-6-10-20(11-7-19)25(26,27)28)23(30)17-34-21-12-8-18(9-13-21)15-22(24(31)32)33-4-2/h6-13,22H,3-5,14-17H2,1-2H3,(H,31,32). The molecule has 0 radical (unpaired) electrons. The molecule has 1 N–H and O–H groups in total. The van der Waals surface area contributed by atoms with Gasteiger partial charge in [0.1, 0.15) is 5.75 Å². The maximum absolute atomic E-state index is 12.8. The Morgan fingerprint density at radius 3 is 2.15 bits per heavy atom. The van der Waals surface area contributed by atoms with Crippen molar-refractivity contribution in [3.05, 3.63) is 65.2 Å². The van der Waals surface area contributed by atoms with Crippen molar-refractivity contribution in [1.82, 2.24) is 4.90 Å². The second-order valence-electron chi connectivity index (χ2n) is 7.78. The number of carbonyl (C=O) groups excluding carboxylic acids is 1. The highest BCUT2D eigenvalue weighted by Gasteiger charge is 2.30. The number of ether oxygens (including phenoxy) is 2. The van der Waals surface area contributed by atoms with Crippen molar-refractivity contribution >= 4 is 11.9 Å². The van der Waals surface area contributed by atoms with Gasteiger partial charge in [0.25, 0.3) is 5.91 Å². The van der Waals surface area contributed by atoms with Crippen molar-refractivity contribution in [3.63, 3.8) is 0 Å². The van der Waals surface area contributed by atoms with E-state index in [1.165, 1.54) is 12.1 Å². The Labute approximate surface area is 197 Å². The summed E-state index contributed by atoms with van der Waals surface area (Å²) in [5, 5.41) is 9.19. The lowest BCUT2D eigenvalue weighted by Crippen LogP contribution is -2.35. The summed E-state index contributed by atoms with van der Waals surface area (Å²) in [6.07, 6.45) is -3.52. The van der Waals surface area contributed by atoms with Gasteiger partial charge < -0.3 is 19.5 Å². The van der Waals surface area contributed by atoms with Crippen LogP contribution < -0.4 is 4.74 Å². The summed E-state index contributed by atoms with van der Waals surface area (Å²) in [7, 11) is 0. The van der Waals surface area contributed by atoms with E-state index in [1.807, 2.05) is 6.92 Å². The van der Waals surface area contributed by atoms with E-state index in [0.29, 0.717) is 24.5 Å². The third-order valence-electron chi connectivity index (χ3n) is 5.14. The average molecular weight is 482 g/mol. The summed E-state index contributed by atoms with van der Waals surface area (Å²) in [6.45, 7) is 4.44. The molecule has 0 heterocycles. The van der Waals surface area contributed by atoms with Gasteiger partial charge in [0.15, 0.2) is 12.7 Å². The molecule has 9 heteroatoms. The van der Waals surface area contributed by atoms with Crippen molar-refractivity contribution in [2.45, 2.75) is 51.9 Å². The molecule has 1 amide bonds. The van der Waals surface area contributed by atoms with Gasteiger partial charge in [-0.2, -0.15) is 13.2 Å². The average Bonchev–Trinajstić information content (AvgIpc) is 2.80. The number of carboxylic acids is 1. The zero-order valence-electron chi connectivity index (χ0n) is 19.3. The van der Waals surface area contributed by atoms with Crippen LogP contribution in [0.25, 0.3) is 0 Å². The predicted molar refractivity (Wildman–Crippen MR) is 120 cm³/mol. The van der Waals surface area contributed by atoms with Gasteiger partial charge in [-0.3, -0.25) is 4.79 Å². The summed E-state index contributed by atoms with van der Waals surface area (Å²) in [6, 6.07) is 11.5. The number of rotatable bonds is 13. The predicted octanol–water partition coefficient (Wildman–Crippen LogP) is 4.95. The molecule has 0 aromatic heterocycles. The molecule has 2 rings (SSSR count). The van der Waals surface area contributed by atoms with Crippen molar-refractivity contribution in [2.24, 2.45) is 0 Å². The van der Waals surface area contributed by atoms with E-state index in [0.717, 1.165) is 30.5 Å². The molecule has 0 bridgehead atoms. The minimum absolute atomic E-state index is 0.188. The van der Waals surface area contributed by atoms with E-state index in [2.05, 4.69) is 0 Å². The van der Waals surface area contributed by atoms with Gasteiger partial charge in [0.2, 0.25) is 0 Å². The third-order valence-corrected chi connectivity index (χ3v) is 5.14. The summed E-state index contributed by atoms with van der Waals surface area (Å²) < 4.78 is 49.2. The van der Waals surface area contributed by atoms with Crippen molar-refractivity contribution in [2.75, 3.05) is 19.8 Å². The maximum Gasteiger partial charge on any atom is 0.416 e. The first-order valence-electron chi connectivity index (χ1n) is 11.1. The third kappa shape index (κ3) is 8.70. The van der Waals surface area contributed by atoms with E-state index in [9.17, 15) is 27.9 Å². The molecule has 0 saturated carbocycles. The summed E-state index contributed by atoms with van der Waals surface area (Å²) >= 11 is 0. The van der Waals surface area contributed by atoms with E-state index in [4.69, 9.17) is 9.47 Å². The van der Waals surface area contributed by atoms with Gasteiger partial charge in [-0.15, -0.1) is 0 Å². The van der Waals surface area contributed by atoms with Gasteiger partial charge in [0.05, 0.1) is 5.56 Å². The molecule has 186 valence electrons. The topological polar surface area (TPSA) is 76.1 Å². The van der Waals surface area contributed by atoms with Crippen LogP contribution in [0.1, 0.15) is 43.4 Å². The number of carboxylic acid groups (broad SMARTS) is 1. The van der Waals surface area contributed by atoms with Crippen LogP contribution in [-0.4, -0.2) is 47.7 Å². The largest absolute Gasteiger partial charge is 0.484 e. The molecule has 2 aromatic carbocycles. The lowest BCUT2D eigenvalue weighted by atomic mass is 10.1. The molecule has 0 aliphatic heterocycles. The second kappa shape index (κ2) is 13.0. The van der Waals surface area contributed by atoms with Gasteiger partial charge in [-0.05, 0) is 48.7 Å². The Kier molecular flexibility index (Phi) is 10.4. The van der Waals surface area contributed by atoms with Crippen LogP contribution in [0.5, 0.6) is 5.75 Å². The summed E-state index contributed by atoms with van der Waals surface area (Å²) in [4.78, 5) is 25.5. The van der Waals surface area contributed by atoms with Crippen LogP contribution in [-0.2, 0) is 33.5 Å². The number of halogens is 3. The molecule has 0 aliphatic rings. The number of benzene rings is 2. The van der Waals surface area contributed by atoms with Crippen LogP contribution in [0.2, 0.25) is 0 Å². The van der Waals surface area contributed by atoms with E-state index >= 15 is 0 Å². The summed E-state index contributed by atoms with van der Waals surface area (Å²) in [5.74, 6) is -0.863. The number of hydrogen-bond donors (Lipinski definition) is 1. The molecule has 0 fully saturated rings. The number of unbranched alkanes of at least 4 members (excludes halogenated alkanes) is 1. The van der Waals surface area contributed by atoms with E-state index in [-0.39, 0.29) is 25.5 Å². The molecule has 1 atom stereocenters. The Morgan fingerprint density at radius 1 is 1.00 bits per heavy atom. The smallest absolute Gasteiger partial charge is 0.416 e. The first kappa shape index (κ1) is 27.2. The molecule has 6 nitrogen and oxygen atoms in total. The zero-order chi connectivity index (χ0) is 25.1. The first-order chi connectivity index (χ1) is 16.1. The molecule has 0 spiro atoms. The first-order valence-corrected chi connectivity index (χ1v) is 11.1. The Morgan fingerprint density at radius 2 is 1.62 bits per heavy atom. The van der Waals surface area contributed by atoms with E-state index < -0.39 is 23.8 Å². The van der Waals surface area contributed by atoms with Crippen LogP contribution >= 0.6 is 0 Å². The number of nitrogens with zero attached hydrogens (tertiary/aromatic N) is 1. The molecule has 0 saturated heterocycles. The van der Waals surface area contributed by atoms with Gasteiger partial charge in [0, 0.05) is 26.1 Å². The van der Waals surface area contributed by atoms with Crippen LogP contribution in [0.4, 0.5) is 13.2 Å². The van der Waals surface area contributed by atoms with Crippen LogP contribution in [0, 0.1) is 0 Å². The highest BCUT2D eigenvalue weighted by molar-refractivity contribution is 5.77. The Bertz CT molecular complexity index is 914. The number of carbonyl (C=O) groups is 2. The van der Waals surface area contributed by atoms with Crippen molar-refractivity contribution < 1.29 is 37.3 Å². The Hall–Kier alpha value is -3.07. The normalized spacial score (nSPS) is 12.3. The number of amides is 1. The van der Waals surface area contributed by atoms with Crippen LogP contribution in [0.15, 0.2) is 48.5 Å². The van der Waals surface area contributed by atoms with E-state index in [1.54, 1.807) is 36.1 Å². The summed E-state index contributed by atoms with van der Waals surface area (Å²) in [5.41, 5.74) is 0.626. The number of alkyl halides is 3. The van der Waals surface area contributed by atoms with Crippen LogP contribution in [0.3, 0.4) is 0 Å². The molecule has 0 aliphatic carbocycles. The molecule has 2 aromatic rings.